The number of aromatic nitrogens is 1. The molecule has 1 aliphatic heterocycles. The number of nitriles is 1. The maximum atomic E-state index is 13.9. The molecule has 2 aromatic carbocycles. The largest absolute Gasteiger partial charge is 0.497 e. The number of carbonyl (C=O) groups is 1. The fraction of sp³-hybridized carbons (Fsp3) is 0.393. The van der Waals surface area contributed by atoms with Crippen LogP contribution in [0.1, 0.15) is 54.6 Å². The molecule has 10 heteroatoms. The first-order valence-corrected chi connectivity index (χ1v) is 12.6. The Balaban J connectivity index is 0.00000127. The number of rotatable bonds is 7. The van der Waals surface area contributed by atoms with E-state index in [1.807, 2.05) is 18.2 Å². The normalized spacial score (nSPS) is 13.8. The number of hydrogen-bond acceptors (Lipinski definition) is 7. The van der Waals surface area contributed by atoms with Crippen LogP contribution < -0.4 is 10.1 Å². The number of nitrogens with zero attached hydrogens (tertiary/aromatic N) is 4. The Morgan fingerprint density at radius 2 is 1.97 bits per heavy atom. The van der Waals surface area contributed by atoms with Gasteiger partial charge in [-0.05, 0) is 55.2 Å². The molecule has 0 saturated carbocycles. The number of amides is 1. The fourth-order valence-corrected chi connectivity index (χ4v) is 4.35. The molecule has 0 bridgehead atoms. The van der Waals surface area contributed by atoms with E-state index in [0.29, 0.717) is 17.7 Å². The highest BCUT2D eigenvalue weighted by molar-refractivity contribution is 5.94. The topological polar surface area (TPSA) is 121 Å². The summed E-state index contributed by atoms with van der Waals surface area (Å²) in [5, 5.41) is 24.1. The summed E-state index contributed by atoms with van der Waals surface area (Å²) >= 11 is 0. The molecular weight excluding hydrogens is 489 g/mol. The zero-order valence-corrected chi connectivity index (χ0v) is 21.9. The van der Waals surface area contributed by atoms with Crippen molar-refractivity contribution in [2.45, 2.75) is 45.6 Å². The number of methoxy groups -OCH3 is 1. The van der Waals surface area contributed by atoms with Gasteiger partial charge in [-0.2, -0.15) is 9.65 Å². The number of hydrogen-bond donors (Lipinski definition) is 1. The van der Waals surface area contributed by atoms with Gasteiger partial charge < -0.3 is 15.0 Å². The monoisotopic (exact) mass is 521 g/mol. The minimum absolute atomic E-state index is 0.0551. The van der Waals surface area contributed by atoms with Crippen LogP contribution in [0.2, 0.25) is 0 Å². The third-order valence-corrected chi connectivity index (χ3v) is 6.31. The van der Waals surface area contributed by atoms with Crippen molar-refractivity contribution >= 4 is 22.5 Å². The van der Waals surface area contributed by atoms with Gasteiger partial charge in [0.2, 0.25) is 5.82 Å². The minimum Gasteiger partial charge on any atom is -0.497 e. The number of ether oxygens (including phenoxy) is 1. The van der Waals surface area contributed by atoms with E-state index in [-0.39, 0.29) is 11.6 Å². The Kier molecular flexibility index (Phi) is 10.1. The predicted molar refractivity (Wildman–Crippen MR) is 143 cm³/mol. The molecule has 9 nitrogen and oxygen atoms in total. The van der Waals surface area contributed by atoms with Crippen molar-refractivity contribution in [3.05, 3.63) is 75.2 Å². The van der Waals surface area contributed by atoms with E-state index in [4.69, 9.17) is 4.74 Å². The van der Waals surface area contributed by atoms with Crippen LogP contribution in [0.3, 0.4) is 0 Å². The first-order valence-electron chi connectivity index (χ1n) is 12.6. The van der Waals surface area contributed by atoms with Gasteiger partial charge in [0.1, 0.15) is 11.8 Å². The summed E-state index contributed by atoms with van der Waals surface area (Å²) in [7, 11) is 1.60. The number of pyridine rings is 1. The maximum absolute atomic E-state index is 13.9. The lowest BCUT2D eigenvalue weighted by Gasteiger charge is -2.32. The highest BCUT2D eigenvalue weighted by Gasteiger charge is 2.23. The minimum atomic E-state index is -1.03. The molecule has 0 aliphatic carbocycles. The zero-order valence-electron chi connectivity index (χ0n) is 21.9. The van der Waals surface area contributed by atoms with Crippen molar-refractivity contribution in [2.24, 2.45) is 0 Å². The summed E-state index contributed by atoms with van der Waals surface area (Å²) < 4.78 is 19.2. The van der Waals surface area contributed by atoms with Gasteiger partial charge in [0, 0.05) is 48.9 Å². The van der Waals surface area contributed by atoms with Crippen molar-refractivity contribution in [1.82, 2.24) is 15.2 Å². The van der Waals surface area contributed by atoms with Crippen LogP contribution in [-0.4, -0.2) is 53.5 Å². The predicted octanol–water partition coefficient (Wildman–Crippen LogP) is 5.02. The molecule has 0 radical (unpaired) electrons. The molecule has 0 unspecified atom stereocenters. The van der Waals surface area contributed by atoms with Gasteiger partial charge >= 0.3 is 5.69 Å². The lowest BCUT2D eigenvalue weighted by Crippen LogP contribution is -2.45. The number of likely N-dealkylation sites (tertiary alicyclic amines) is 1. The van der Waals surface area contributed by atoms with Gasteiger partial charge in [-0.25, -0.2) is 0 Å². The maximum Gasteiger partial charge on any atom is 0.304 e. The summed E-state index contributed by atoms with van der Waals surface area (Å²) in [6, 6.07) is 10.9. The number of benzene rings is 2. The fourth-order valence-electron chi connectivity index (χ4n) is 4.35. The van der Waals surface area contributed by atoms with Gasteiger partial charge in [-0.1, -0.05) is 20.3 Å². The van der Waals surface area contributed by atoms with Crippen LogP contribution in [0.25, 0.3) is 10.9 Å². The summed E-state index contributed by atoms with van der Waals surface area (Å²) in [5.74, 6) is -0.774. The Morgan fingerprint density at radius 3 is 2.58 bits per heavy atom. The number of fused-ring (bicyclic) bond motifs is 1. The van der Waals surface area contributed by atoms with E-state index in [2.05, 4.69) is 35.1 Å². The van der Waals surface area contributed by atoms with Crippen LogP contribution in [0.5, 0.6) is 5.75 Å². The smallest absolute Gasteiger partial charge is 0.304 e. The molecule has 38 heavy (non-hydrogen) atoms. The highest BCUT2D eigenvalue weighted by atomic mass is 19.1. The van der Waals surface area contributed by atoms with Gasteiger partial charge in [0.25, 0.3) is 5.91 Å². The van der Waals surface area contributed by atoms with Crippen molar-refractivity contribution in [1.29, 1.82) is 5.26 Å². The van der Waals surface area contributed by atoms with Crippen molar-refractivity contribution in [3.63, 3.8) is 0 Å². The summed E-state index contributed by atoms with van der Waals surface area (Å²) in [5.41, 5.74) is 1.69. The molecule has 1 amide bonds. The Morgan fingerprint density at radius 1 is 1.26 bits per heavy atom. The second kappa shape index (κ2) is 13.4. The molecule has 0 spiro atoms. The first kappa shape index (κ1) is 28.5. The van der Waals surface area contributed by atoms with Crippen LogP contribution in [-0.2, 0) is 6.42 Å². The summed E-state index contributed by atoms with van der Waals surface area (Å²) in [4.78, 5) is 29.1. The standard InChI is InChI=1S/C25H24FN5O4.C3H8/c1-35-19-3-4-23-21(13-19)20(17(14-27)15-28-23)8-11-30-9-6-18(7-10-30)29-25(32)16-2-5-24(31(33)34)22(26)12-16;1-3-2/h2-5,12-13,15,18H,6-11H2,1H3,(H,29,32);3H2,1-2H3. The van der Waals surface area contributed by atoms with Crippen molar-refractivity contribution < 1.29 is 18.8 Å². The van der Waals surface area contributed by atoms with Crippen LogP contribution in [0, 0.1) is 27.3 Å². The SMILES string of the molecule is CCC.COc1ccc2ncc(C#N)c(CCN3CCC(NC(=O)c4ccc([N+](=O)[O-])c(F)c4)CC3)c2c1. The van der Waals surface area contributed by atoms with Crippen molar-refractivity contribution in [3.8, 4) is 11.8 Å². The quantitative estimate of drug-likeness (QED) is 0.342. The van der Waals surface area contributed by atoms with Crippen LogP contribution in [0.15, 0.2) is 42.6 Å². The average molecular weight is 522 g/mol. The summed E-state index contributed by atoms with van der Waals surface area (Å²) in [6.45, 7) is 6.51. The number of nitro groups is 1. The molecular formula is C28H32FN5O4. The van der Waals surface area contributed by atoms with E-state index in [1.165, 1.54) is 12.5 Å². The van der Waals surface area contributed by atoms with Crippen LogP contribution in [0.4, 0.5) is 10.1 Å². The van der Waals surface area contributed by atoms with E-state index >= 15 is 0 Å². The third kappa shape index (κ3) is 7.01. The molecule has 1 saturated heterocycles. The van der Waals surface area contributed by atoms with E-state index in [0.717, 1.165) is 61.1 Å². The number of nitrogens with one attached hydrogen (secondary N) is 1. The van der Waals surface area contributed by atoms with Gasteiger partial charge in [-0.15, -0.1) is 0 Å². The molecule has 0 atom stereocenters. The van der Waals surface area contributed by atoms with Gasteiger partial charge in [-0.3, -0.25) is 19.9 Å². The van der Waals surface area contributed by atoms with Gasteiger partial charge in [0.05, 0.1) is 23.1 Å². The van der Waals surface area contributed by atoms with Crippen molar-refractivity contribution in [2.75, 3.05) is 26.7 Å². The third-order valence-electron chi connectivity index (χ3n) is 6.31. The van der Waals surface area contributed by atoms with E-state index < -0.39 is 22.3 Å². The number of halogens is 1. The van der Waals surface area contributed by atoms with Gasteiger partial charge in [0.15, 0.2) is 0 Å². The second-order valence-electron chi connectivity index (χ2n) is 9.12. The molecule has 4 rings (SSSR count). The summed E-state index contributed by atoms with van der Waals surface area (Å²) in [6.07, 6.45) is 4.97. The zero-order chi connectivity index (χ0) is 27.7. The number of carbonyl (C=O) groups excluding carboxylic acids is 1. The number of nitro benzene ring substituents is 1. The molecule has 3 aromatic rings. The van der Waals surface area contributed by atoms with Crippen LogP contribution >= 0.6 is 0 Å². The highest BCUT2D eigenvalue weighted by Crippen LogP contribution is 2.26. The Bertz CT molecular complexity index is 1330. The Labute approximate surface area is 221 Å². The average Bonchev–Trinajstić information content (AvgIpc) is 2.92. The van der Waals surface area contributed by atoms with E-state index in [1.54, 1.807) is 13.3 Å². The lowest BCUT2D eigenvalue weighted by molar-refractivity contribution is -0.387. The molecule has 2 heterocycles. The molecule has 1 aromatic heterocycles. The Hall–Kier alpha value is -4.10. The van der Waals surface area contributed by atoms with E-state index in [9.17, 15) is 24.6 Å². The molecule has 1 N–H and O–H groups in total. The molecule has 200 valence electrons. The number of piperidine rings is 1. The lowest BCUT2D eigenvalue weighted by atomic mass is 9.99. The first-order chi connectivity index (χ1) is 18.3. The molecule has 1 aliphatic rings. The molecule has 1 fully saturated rings. The second-order valence-corrected chi connectivity index (χ2v) is 9.12.